The average molecular weight is 289 g/mol. The van der Waals surface area contributed by atoms with Crippen LogP contribution in [0.2, 0.25) is 0 Å². The Kier molecular flexibility index (Phi) is 9.54. The maximum Gasteiger partial charge on any atom is 0.326 e. The third-order valence-electron chi connectivity index (χ3n) is 3.13. The van der Waals surface area contributed by atoms with Crippen molar-refractivity contribution >= 4 is 17.7 Å². The molecule has 0 aromatic rings. The Balaban J connectivity index is 4.31. The van der Waals surface area contributed by atoms with Gasteiger partial charge in [0.1, 0.15) is 5.54 Å². The molecule has 0 saturated carbocycles. The Hall–Kier alpha value is -0.220. The van der Waals surface area contributed by atoms with E-state index in [9.17, 15) is 4.79 Å². The van der Waals surface area contributed by atoms with Gasteiger partial charge >= 0.3 is 5.97 Å². The van der Waals surface area contributed by atoms with Crippen molar-refractivity contribution in [2.24, 2.45) is 0 Å². The Morgan fingerprint density at radius 1 is 1.32 bits per heavy atom. The topological polar surface area (TPSA) is 38.3 Å². The van der Waals surface area contributed by atoms with Gasteiger partial charge in [-0.05, 0) is 52.7 Å². The van der Waals surface area contributed by atoms with Crippen LogP contribution in [-0.4, -0.2) is 35.2 Å². The zero-order valence-corrected chi connectivity index (χ0v) is 14.2. The predicted molar refractivity (Wildman–Crippen MR) is 84.8 cm³/mol. The van der Waals surface area contributed by atoms with Gasteiger partial charge < -0.3 is 4.74 Å². The third kappa shape index (κ3) is 7.83. The van der Waals surface area contributed by atoms with E-state index < -0.39 is 5.54 Å². The smallest absolute Gasteiger partial charge is 0.326 e. The van der Waals surface area contributed by atoms with Gasteiger partial charge in [-0.2, -0.15) is 11.8 Å². The molecule has 1 N–H and O–H groups in total. The minimum atomic E-state index is -0.555. The summed E-state index contributed by atoms with van der Waals surface area (Å²) in [5, 5.41) is 4.06. The van der Waals surface area contributed by atoms with E-state index in [4.69, 9.17) is 4.74 Å². The lowest BCUT2D eigenvalue weighted by Crippen LogP contribution is -2.53. The molecule has 2 unspecified atom stereocenters. The van der Waals surface area contributed by atoms with E-state index in [1.54, 1.807) is 0 Å². The fourth-order valence-corrected chi connectivity index (χ4v) is 2.94. The lowest BCUT2D eigenvalue weighted by Gasteiger charge is -2.30. The number of nitrogens with one attached hydrogen (secondary N) is 1. The summed E-state index contributed by atoms with van der Waals surface area (Å²) >= 11 is 1.98. The summed E-state index contributed by atoms with van der Waals surface area (Å²) in [6, 6.07) is 0.275. The van der Waals surface area contributed by atoms with E-state index >= 15 is 0 Å². The highest BCUT2D eigenvalue weighted by molar-refractivity contribution is 7.99. The molecule has 0 bridgehead atoms. The zero-order valence-electron chi connectivity index (χ0n) is 13.4. The Labute approximate surface area is 123 Å². The number of carbonyl (C=O) groups excluding carboxylic acids is 1. The Morgan fingerprint density at radius 2 is 1.95 bits per heavy atom. The lowest BCUT2D eigenvalue weighted by molar-refractivity contribution is -0.151. The molecule has 4 heteroatoms. The molecule has 0 radical (unpaired) electrons. The number of rotatable bonds is 10. The van der Waals surface area contributed by atoms with Gasteiger partial charge in [-0.1, -0.05) is 13.8 Å². The van der Waals surface area contributed by atoms with E-state index in [1.165, 1.54) is 6.42 Å². The predicted octanol–water partition coefficient (Wildman–Crippen LogP) is 3.62. The molecule has 0 aliphatic heterocycles. The molecule has 0 rings (SSSR count). The summed E-state index contributed by atoms with van der Waals surface area (Å²) in [5.74, 6) is 0.973. The summed E-state index contributed by atoms with van der Waals surface area (Å²) in [6.07, 6.45) is 3.06. The summed E-state index contributed by atoms with van der Waals surface area (Å²) in [5.41, 5.74) is -0.555. The number of hydrogen-bond donors (Lipinski definition) is 1. The molecular formula is C15H31NO2S. The quantitative estimate of drug-likeness (QED) is 0.492. The van der Waals surface area contributed by atoms with Gasteiger partial charge in [0, 0.05) is 11.3 Å². The van der Waals surface area contributed by atoms with Crippen molar-refractivity contribution in [3.63, 3.8) is 0 Å². The highest BCUT2D eigenvalue weighted by atomic mass is 32.2. The van der Waals surface area contributed by atoms with Crippen LogP contribution in [0.5, 0.6) is 0 Å². The molecule has 0 aromatic heterocycles. The normalized spacial score (nSPS) is 16.2. The highest BCUT2D eigenvalue weighted by Crippen LogP contribution is 2.20. The first kappa shape index (κ1) is 18.8. The van der Waals surface area contributed by atoms with Crippen LogP contribution >= 0.6 is 11.8 Å². The van der Waals surface area contributed by atoms with Crippen molar-refractivity contribution in [2.75, 3.05) is 12.4 Å². The second-order valence-electron chi connectivity index (χ2n) is 5.54. The number of ether oxygens (including phenoxy) is 1. The molecule has 0 fully saturated rings. The Morgan fingerprint density at radius 3 is 2.42 bits per heavy atom. The van der Waals surface area contributed by atoms with Crippen LogP contribution in [-0.2, 0) is 9.53 Å². The molecule has 3 nitrogen and oxygen atoms in total. The van der Waals surface area contributed by atoms with E-state index in [2.05, 4.69) is 33.0 Å². The SMILES string of the molecule is CCOC(=O)C(C)(CCCSC(C)CC)NC(C)C. The largest absolute Gasteiger partial charge is 0.465 e. The average Bonchev–Trinajstić information content (AvgIpc) is 2.33. The maximum absolute atomic E-state index is 12.1. The number of hydrogen-bond acceptors (Lipinski definition) is 4. The molecular weight excluding hydrogens is 258 g/mol. The van der Waals surface area contributed by atoms with Gasteiger partial charge in [0.25, 0.3) is 0 Å². The summed E-state index contributed by atoms with van der Waals surface area (Å²) in [7, 11) is 0. The van der Waals surface area contributed by atoms with Crippen molar-refractivity contribution in [3.05, 3.63) is 0 Å². The molecule has 114 valence electrons. The third-order valence-corrected chi connectivity index (χ3v) is 4.56. The lowest BCUT2D eigenvalue weighted by atomic mass is 9.95. The van der Waals surface area contributed by atoms with Gasteiger partial charge in [-0.3, -0.25) is 10.1 Å². The monoisotopic (exact) mass is 289 g/mol. The molecule has 2 atom stereocenters. The fraction of sp³-hybridized carbons (Fsp3) is 0.933. The number of thioether (sulfide) groups is 1. The van der Waals surface area contributed by atoms with Crippen LogP contribution < -0.4 is 5.32 Å². The molecule has 19 heavy (non-hydrogen) atoms. The molecule has 0 aromatic carbocycles. The van der Waals surface area contributed by atoms with Crippen LogP contribution in [0.15, 0.2) is 0 Å². The van der Waals surface area contributed by atoms with Crippen LogP contribution in [0.25, 0.3) is 0 Å². The number of esters is 1. The highest BCUT2D eigenvalue weighted by Gasteiger charge is 2.34. The van der Waals surface area contributed by atoms with Gasteiger partial charge in [-0.15, -0.1) is 0 Å². The van der Waals surface area contributed by atoms with Gasteiger partial charge in [0.05, 0.1) is 6.61 Å². The van der Waals surface area contributed by atoms with E-state index in [-0.39, 0.29) is 12.0 Å². The van der Waals surface area contributed by atoms with E-state index in [0.29, 0.717) is 11.9 Å². The molecule has 0 aliphatic rings. The number of carbonyl (C=O) groups is 1. The van der Waals surface area contributed by atoms with Crippen LogP contribution in [0.3, 0.4) is 0 Å². The summed E-state index contributed by atoms with van der Waals surface area (Å²) in [6.45, 7) is 12.8. The maximum atomic E-state index is 12.1. The fourth-order valence-electron chi connectivity index (χ4n) is 1.99. The first-order valence-corrected chi connectivity index (χ1v) is 8.47. The second-order valence-corrected chi connectivity index (χ2v) is 7.09. The first-order chi connectivity index (χ1) is 8.85. The molecule has 0 saturated heterocycles. The second kappa shape index (κ2) is 9.65. The minimum Gasteiger partial charge on any atom is -0.465 e. The van der Waals surface area contributed by atoms with Gasteiger partial charge in [-0.25, -0.2) is 0 Å². The van der Waals surface area contributed by atoms with Crippen LogP contribution in [0.1, 0.15) is 60.8 Å². The standard InChI is InChI=1S/C15H31NO2S/c1-7-13(5)19-11-9-10-15(6,16-12(3)4)14(17)18-8-2/h12-13,16H,7-11H2,1-6H3. The Bertz CT molecular complexity index is 259. The molecule has 0 spiro atoms. The molecule has 0 heterocycles. The summed E-state index contributed by atoms with van der Waals surface area (Å²) in [4.78, 5) is 12.1. The molecule has 0 amide bonds. The van der Waals surface area contributed by atoms with Gasteiger partial charge in [0.2, 0.25) is 0 Å². The molecule has 0 aliphatic carbocycles. The van der Waals surface area contributed by atoms with Crippen molar-refractivity contribution in [1.29, 1.82) is 0 Å². The van der Waals surface area contributed by atoms with Crippen LogP contribution in [0.4, 0.5) is 0 Å². The first-order valence-electron chi connectivity index (χ1n) is 7.42. The zero-order chi connectivity index (χ0) is 14.9. The van der Waals surface area contributed by atoms with Crippen molar-refractivity contribution < 1.29 is 9.53 Å². The van der Waals surface area contributed by atoms with E-state index in [1.807, 2.05) is 25.6 Å². The van der Waals surface area contributed by atoms with Crippen molar-refractivity contribution in [1.82, 2.24) is 5.32 Å². The van der Waals surface area contributed by atoms with Crippen molar-refractivity contribution in [2.45, 2.75) is 77.6 Å². The van der Waals surface area contributed by atoms with Crippen LogP contribution in [0, 0.1) is 0 Å². The van der Waals surface area contributed by atoms with Crippen molar-refractivity contribution in [3.8, 4) is 0 Å². The minimum absolute atomic E-state index is 0.128. The summed E-state index contributed by atoms with van der Waals surface area (Å²) < 4.78 is 5.20. The van der Waals surface area contributed by atoms with Gasteiger partial charge in [0.15, 0.2) is 0 Å². The van der Waals surface area contributed by atoms with E-state index in [0.717, 1.165) is 18.6 Å².